The molecule has 32 heavy (non-hydrogen) atoms. The summed E-state index contributed by atoms with van der Waals surface area (Å²) < 4.78 is 27.2. The number of anilines is 1. The summed E-state index contributed by atoms with van der Waals surface area (Å²) in [4.78, 5) is 11.8. The van der Waals surface area contributed by atoms with Gasteiger partial charge in [-0.2, -0.15) is 15.6 Å². The van der Waals surface area contributed by atoms with Crippen LogP contribution in [0.25, 0.3) is 28.4 Å². The van der Waals surface area contributed by atoms with Crippen molar-refractivity contribution in [2.45, 2.75) is 0 Å². The molecule has 0 saturated carbocycles. The molecule has 0 aliphatic carbocycles. The maximum absolute atomic E-state index is 12.8. The van der Waals surface area contributed by atoms with E-state index in [4.69, 9.17) is 9.97 Å². The number of hydrogen-bond donors (Lipinski definition) is 0. The predicted molar refractivity (Wildman–Crippen MR) is 131 cm³/mol. The fraction of sp³-hybridized carbons (Fsp3) is 0.167. The van der Waals surface area contributed by atoms with Gasteiger partial charge in [-0.1, -0.05) is 42.5 Å². The van der Waals surface area contributed by atoms with Crippen molar-refractivity contribution in [3.63, 3.8) is 0 Å². The first-order valence-electron chi connectivity index (χ1n) is 10.4. The zero-order chi connectivity index (χ0) is 22.0. The zero-order valence-corrected chi connectivity index (χ0v) is 19.0. The lowest BCUT2D eigenvalue weighted by Crippen LogP contribution is -2.48. The molecule has 0 radical (unpaired) electrons. The monoisotopic (exact) mass is 462 g/mol. The van der Waals surface area contributed by atoms with Gasteiger partial charge in [0.2, 0.25) is 10.0 Å². The Hall–Kier alpha value is -3.07. The van der Waals surface area contributed by atoms with Crippen LogP contribution in [0.1, 0.15) is 5.56 Å². The largest absolute Gasteiger partial charge is 0.353 e. The highest BCUT2D eigenvalue weighted by Gasteiger charge is 2.27. The van der Waals surface area contributed by atoms with Crippen molar-refractivity contribution < 1.29 is 8.42 Å². The molecule has 1 saturated heterocycles. The number of para-hydroxylation sites is 1. The van der Waals surface area contributed by atoms with E-state index >= 15 is 0 Å². The summed E-state index contributed by atoms with van der Waals surface area (Å²) in [6.45, 7) is 1.96. The average Bonchev–Trinajstić information content (AvgIpc) is 3.38. The number of aromatic nitrogens is 2. The Kier molecular flexibility index (Phi) is 5.73. The molecule has 5 rings (SSSR count). The quantitative estimate of drug-likeness (QED) is 0.437. The molecule has 0 atom stereocenters. The Morgan fingerprint density at radius 1 is 0.875 bits per heavy atom. The molecule has 162 valence electrons. The summed E-state index contributed by atoms with van der Waals surface area (Å²) in [5, 5.41) is 6.33. The van der Waals surface area contributed by atoms with Crippen molar-refractivity contribution >= 4 is 44.2 Å². The smallest absolute Gasteiger partial charge is 0.236 e. The van der Waals surface area contributed by atoms with E-state index in [1.165, 1.54) is 9.71 Å². The fourth-order valence-electron chi connectivity index (χ4n) is 3.79. The van der Waals surface area contributed by atoms with E-state index in [9.17, 15) is 8.42 Å². The third-order valence-corrected chi connectivity index (χ3v) is 7.74. The summed E-state index contributed by atoms with van der Waals surface area (Å²) in [5.74, 6) is 1.55. The van der Waals surface area contributed by atoms with Crippen LogP contribution >= 0.6 is 11.3 Å². The predicted octanol–water partition coefficient (Wildman–Crippen LogP) is 4.48. The standard InChI is InChI=1S/C24H22N4O2S2/c29-32(30,17-11-19-6-2-1-3-7-19)28-14-12-27(13-15-28)24-21-8-4-5-9-22(21)25-23(26-24)20-10-16-31-18-20/h1-11,16-18H,12-15H2/b17-11+. The van der Waals surface area contributed by atoms with Gasteiger partial charge < -0.3 is 4.90 Å². The van der Waals surface area contributed by atoms with Gasteiger partial charge in [-0.15, -0.1) is 0 Å². The van der Waals surface area contributed by atoms with Gasteiger partial charge in [-0.25, -0.2) is 18.4 Å². The third kappa shape index (κ3) is 4.29. The number of nitrogens with zero attached hydrogens (tertiary/aromatic N) is 4. The van der Waals surface area contributed by atoms with E-state index in [1.807, 2.05) is 71.4 Å². The number of fused-ring (bicyclic) bond motifs is 1. The average molecular weight is 463 g/mol. The molecule has 0 spiro atoms. The van der Waals surface area contributed by atoms with E-state index in [-0.39, 0.29) is 0 Å². The highest BCUT2D eigenvalue weighted by Crippen LogP contribution is 2.29. The Bertz CT molecular complexity index is 1350. The molecule has 1 aliphatic rings. The van der Waals surface area contributed by atoms with Crippen molar-refractivity contribution in [3.8, 4) is 11.4 Å². The van der Waals surface area contributed by atoms with Gasteiger partial charge >= 0.3 is 0 Å². The van der Waals surface area contributed by atoms with Crippen molar-refractivity contribution in [2.24, 2.45) is 0 Å². The van der Waals surface area contributed by atoms with Gasteiger partial charge in [0.25, 0.3) is 0 Å². The molecule has 0 N–H and O–H groups in total. The summed E-state index contributed by atoms with van der Waals surface area (Å²) in [7, 11) is -3.48. The van der Waals surface area contributed by atoms with Gasteiger partial charge in [-0.3, -0.25) is 0 Å². The molecule has 3 heterocycles. The topological polar surface area (TPSA) is 66.4 Å². The summed E-state index contributed by atoms with van der Waals surface area (Å²) in [5.41, 5.74) is 2.75. The van der Waals surface area contributed by atoms with Gasteiger partial charge in [0.05, 0.1) is 5.52 Å². The van der Waals surface area contributed by atoms with Crippen molar-refractivity contribution in [1.82, 2.24) is 14.3 Å². The summed E-state index contributed by atoms with van der Waals surface area (Å²) >= 11 is 1.61. The Morgan fingerprint density at radius 2 is 1.62 bits per heavy atom. The van der Waals surface area contributed by atoms with E-state index in [0.717, 1.165) is 27.8 Å². The molecular formula is C24H22N4O2S2. The normalized spacial score (nSPS) is 15.6. The minimum Gasteiger partial charge on any atom is -0.353 e. The highest BCUT2D eigenvalue weighted by molar-refractivity contribution is 7.92. The van der Waals surface area contributed by atoms with E-state index in [1.54, 1.807) is 17.4 Å². The van der Waals surface area contributed by atoms with Crippen LogP contribution in [0, 0.1) is 0 Å². The number of piperazine rings is 1. The first kappa shape index (κ1) is 20.8. The van der Waals surface area contributed by atoms with E-state index in [2.05, 4.69) is 4.90 Å². The molecule has 4 aromatic rings. The Labute approximate surface area is 191 Å². The van der Waals surface area contributed by atoms with Crippen molar-refractivity contribution in [1.29, 1.82) is 0 Å². The van der Waals surface area contributed by atoms with Crippen LogP contribution < -0.4 is 4.90 Å². The first-order valence-corrected chi connectivity index (χ1v) is 12.8. The molecule has 1 aliphatic heterocycles. The second-order valence-corrected chi connectivity index (χ2v) is 10.1. The van der Waals surface area contributed by atoms with Gasteiger partial charge in [-0.05, 0) is 35.2 Å². The van der Waals surface area contributed by atoms with Crippen LogP contribution in [-0.4, -0.2) is 48.9 Å². The lowest BCUT2D eigenvalue weighted by Gasteiger charge is -2.34. The maximum Gasteiger partial charge on any atom is 0.236 e. The first-order chi connectivity index (χ1) is 15.6. The van der Waals surface area contributed by atoms with Crippen LogP contribution in [0.4, 0.5) is 5.82 Å². The summed E-state index contributed by atoms with van der Waals surface area (Å²) in [6, 6.07) is 19.4. The van der Waals surface area contributed by atoms with E-state index in [0.29, 0.717) is 32.0 Å². The van der Waals surface area contributed by atoms with Crippen LogP contribution in [0.2, 0.25) is 0 Å². The van der Waals surface area contributed by atoms with Gasteiger partial charge in [0, 0.05) is 47.9 Å². The molecule has 2 aromatic heterocycles. The van der Waals surface area contributed by atoms with Crippen molar-refractivity contribution in [2.75, 3.05) is 31.1 Å². The fourth-order valence-corrected chi connectivity index (χ4v) is 5.60. The number of rotatable bonds is 5. The molecule has 6 nitrogen and oxygen atoms in total. The number of sulfonamides is 1. The van der Waals surface area contributed by atoms with E-state index < -0.39 is 10.0 Å². The lowest BCUT2D eigenvalue weighted by molar-refractivity contribution is 0.389. The molecule has 8 heteroatoms. The molecule has 0 amide bonds. The molecule has 0 unspecified atom stereocenters. The van der Waals surface area contributed by atoms with Gasteiger partial charge in [0.1, 0.15) is 5.82 Å². The Morgan fingerprint density at radius 3 is 2.38 bits per heavy atom. The minimum atomic E-state index is -3.48. The third-order valence-electron chi connectivity index (χ3n) is 5.49. The van der Waals surface area contributed by atoms with Crippen LogP contribution in [0.5, 0.6) is 0 Å². The SMILES string of the molecule is O=S(=O)(/C=C/c1ccccc1)N1CCN(c2nc(-c3ccsc3)nc3ccccc23)CC1. The lowest BCUT2D eigenvalue weighted by atomic mass is 10.2. The molecule has 1 fully saturated rings. The molecule has 0 bridgehead atoms. The van der Waals surface area contributed by atoms with Crippen LogP contribution in [0.3, 0.4) is 0 Å². The Balaban J connectivity index is 1.38. The highest BCUT2D eigenvalue weighted by atomic mass is 32.2. The number of hydrogen-bond acceptors (Lipinski definition) is 6. The zero-order valence-electron chi connectivity index (χ0n) is 17.3. The summed E-state index contributed by atoms with van der Waals surface area (Å²) in [6.07, 6.45) is 1.65. The molecular weight excluding hydrogens is 440 g/mol. The number of thiophene rings is 1. The maximum atomic E-state index is 12.8. The van der Waals surface area contributed by atoms with Gasteiger partial charge in [0.15, 0.2) is 5.82 Å². The molecule has 2 aromatic carbocycles. The second kappa shape index (κ2) is 8.82. The van der Waals surface area contributed by atoms with Crippen molar-refractivity contribution in [3.05, 3.63) is 82.4 Å². The second-order valence-electron chi connectivity index (χ2n) is 7.54. The minimum absolute atomic E-state index is 0.410. The van der Waals surface area contributed by atoms with Crippen LogP contribution in [0.15, 0.2) is 76.8 Å². The number of benzene rings is 2. The van der Waals surface area contributed by atoms with Crippen LogP contribution in [-0.2, 0) is 10.0 Å².